The minimum Gasteiger partial charge on any atom is -0.406 e. The van der Waals surface area contributed by atoms with E-state index in [0.29, 0.717) is 29.3 Å². The number of aromatic nitrogens is 3. The summed E-state index contributed by atoms with van der Waals surface area (Å²) in [7, 11) is 0. The molecular weight excluding hydrogens is 392 g/mol. The molecule has 2 atom stereocenters. The van der Waals surface area contributed by atoms with Gasteiger partial charge in [-0.3, -0.25) is 0 Å². The topological polar surface area (TPSA) is 62.9 Å². The molecule has 6 nitrogen and oxygen atoms in total. The Hall–Kier alpha value is -2.88. The molecule has 0 bridgehead atoms. The fourth-order valence-corrected chi connectivity index (χ4v) is 3.41. The minimum absolute atomic E-state index is 0.00209. The molecule has 4 rings (SSSR count). The number of imidazole rings is 1. The number of ether oxygens (including phenoxy) is 1. The zero-order chi connectivity index (χ0) is 20.8. The summed E-state index contributed by atoms with van der Waals surface area (Å²) in [5.74, 6) is 0.138. The Morgan fingerprint density at radius 3 is 2.72 bits per heavy atom. The van der Waals surface area contributed by atoms with Crippen molar-refractivity contribution in [3.05, 3.63) is 42.6 Å². The van der Waals surface area contributed by atoms with E-state index in [1.807, 2.05) is 0 Å². The number of aliphatic hydroxyl groups is 1. The highest BCUT2D eigenvalue weighted by Crippen LogP contribution is 2.33. The van der Waals surface area contributed by atoms with Crippen LogP contribution in [0.1, 0.15) is 13.3 Å². The second-order valence-electron chi connectivity index (χ2n) is 7.06. The average Bonchev–Trinajstić information content (AvgIpc) is 3.24. The minimum atomic E-state index is -4.79. The maximum atomic E-state index is 14.7. The first-order chi connectivity index (χ1) is 13.6. The molecule has 1 aliphatic heterocycles. The Morgan fingerprint density at radius 1 is 1.24 bits per heavy atom. The van der Waals surface area contributed by atoms with Crippen molar-refractivity contribution in [3.63, 3.8) is 0 Å². The maximum Gasteiger partial charge on any atom is 0.573 e. The van der Waals surface area contributed by atoms with Crippen molar-refractivity contribution in [1.82, 2.24) is 14.6 Å². The Morgan fingerprint density at radius 2 is 2.03 bits per heavy atom. The fraction of sp³-hybridized carbons (Fsp3) is 0.368. The maximum absolute atomic E-state index is 14.7. The number of aliphatic hydroxyl groups excluding tert-OH is 1. The molecule has 3 heterocycles. The van der Waals surface area contributed by atoms with Crippen molar-refractivity contribution < 1.29 is 27.4 Å². The molecule has 0 aliphatic carbocycles. The third kappa shape index (κ3) is 3.84. The fourth-order valence-electron chi connectivity index (χ4n) is 3.41. The Balaban J connectivity index is 1.68. The summed E-state index contributed by atoms with van der Waals surface area (Å²) in [4.78, 5) is 5.95. The number of halogens is 4. The van der Waals surface area contributed by atoms with Gasteiger partial charge in [0.1, 0.15) is 11.6 Å². The van der Waals surface area contributed by atoms with Gasteiger partial charge < -0.3 is 14.7 Å². The van der Waals surface area contributed by atoms with Gasteiger partial charge >= 0.3 is 6.36 Å². The van der Waals surface area contributed by atoms with E-state index in [1.54, 1.807) is 23.1 Å². The summed E-state index contributed by atoms with van der Waals surface area (Å²) in [6.45, 7) is 1.81. The summed E-state index contributed by atoms with van der Waals surface area (Å²) < 4.78 is 57.7. The number of rotatable bonds is 4. The van der Waals surface area contributed by atoms with Crippen molar-refractivity contribution in [1.29, 1.82) is 0 Å². The Labute approximate surface area is 163 Å². The van der Waals surface area contributed by atoms with Gasteiger partial charge in [0.15, 0.2) is 11.3 Å². The van der Waals surface area contributed by atoms with Crippen LogP contribution < -0.4 is 9.64 Å². The molecule has 154 valence electrons. The van der Waals surface area contributed by atoms with Crippen LogP contribution in [-0.2, 0) is 0 Å². The van der Waals surface area contributed by atoms with Crippen LogP contribution in [-0.4, -0.2) is 50.9 Å². The molecule has 0 saturated carbocycles. The van der Waals surface area contributed by atoms with E-state index in [4.69, 9.17) is 0 Å². The van der Waals surface area contributed by atoms with Gasteiger partial charge in [0, 0.05) is 18.5 Å². The van der Waals surface area contributed by atoms with Crippen LogP contribution in [0.4, 0.5) is 23.4 Å². The highest BCUT2D eigenvalue weighted by molar-refractivity contribution is 5.65. The van der Waals surface area contributed by atoms with Crippen molar-refractivity contribution in [2.45, 2.75) is 31.5 Å². The number of hydrogen-bond acceptors (Lipinski definition) is 5. The van der Waals surface area contributed by atoms with Crippen LogP contribution in [0.2, 0.25) is 0 Å². The van der Waals surface area contributed by atoms with Crippen molar-refractivity contribution in [3.8, 4) is 17.0 Å². The van der Waals surface area contributed by atoms with Crippen LogP contribution in [0.3, 0.4) is 0 Å². The van der Waals surface area contributed by atoms with Crippen molar-refractivity contribution in [2.75, 3.05) is 18.0 Å². The number of hydrogen-bond donors (Lipinski definition) is 1. The molecule has 1 saturated heterocycles. The smallest absolute Gasteiger partial charge is 0.406 e. The average molecular weight is 410 g/mol. The van der Waals surface area contributed by atoms with Gasteiger partial charge in [0.25, 0.3) is 0 Å². The lowest BCUT2D eigenvalue weighted by atomic mass is 10.00. The first kappa shape index (κ1) is 19.4. The number of anilines is 1. The molecule has 29 heavy (non-hydrogen) atoms. The van der Waals surface area contributed by atoms with E-state index in [0.717, 1.165) is 0 Å². The monoisotopic (exact) mass is 410 g/mol. The predicted octanol–water partition coefficient (Wildman–Crippen LogP) is 3.59. The number of benzene rings is 1. The van der Waals surface area contributed by atoms with Gasteiger partial charge in [-0.1, -0.05) is 12.1 Å². The van der Waals surface area contributed by atoms with E-state index in [1.165, 1.54) is 35.8 Å². The molecule has 1 aromatic carbocycles. The zero-order valence-electron chi connectivity index (χ0n) is 15.4. The third-order valence-electron chi connectivity index (χ3n) is 5.04. The molecule has 2 unspecified atom stereocenters. The summed E-state index contributed by atoms with van der Waals surface area (Å²) >= 11 is 0. The summed E-state index contributed by atoms with van der Waals surface area (Å²) in [6, 6.07) is 8.92. The van der Waals surface area contributed by atoms with Crippen molar-refractivity contribution in [2.24, 2.45) is 0 Å². The lowest BCUT2D eigenvalue weighted by molar-refractivity contribution is -0.274. The normalized spacial score (nSPS) is 21.0. The molecule has 1 aliphatic rings. The molecule has 0 spiro atoms. The largest absolute Gasteiger partial charge is 0.573 e. The lowest BCUT2D eigenvalue weighted by Gasteiger charge is -2.24. The molecular formula is C19H18F4N4O2. The Bertz CT molecular complexity index is 1040. The molecule has 1 fully saturated rings. The van der Waals surface area contributed by atoms with Crippen molar-refractivity contribution >= 4 is 11.5 Å². The van der Waals surface area contributed by atoms with E-state index in [2.05, 4.69) is 14.8 Å². The first-order valence-electron chi connectivity index (χ1n) is 8.97. The number of alkyl halides is 4. The number of fused-ring (bicyclic) bond motifs is 1. The highest BCUT2D eigenvalue weighted by atomic mass is 19.4. The van der Waals surface area contributed by atoms with E-state index in [9.17, 15) is 22.7 Å². The van der Waals surface area contributed by atoms with Crippen LogP contribution >= 0.6 is 0 Å². The molecule has 0 amide bonds. The lowest BCUT2D eigenvalue weighted by Crippen LogP contribution is -2.39. The second kappa shape index (κ2) is 6.87. The van der Waals surface area contributed by atoms with Gasteiger partial charge in [-0.25, -0.2) is 13.9 Å². The predicted molar refractivity (Wildman–Crippen MR) is 97.5 cm³/mol. The van der Waals surface area contributed by atoms with Crippen LogP contribution in [0.15, 0.2) is 42.6 Å². The van der Waals surface area contributed by atoms with Gasteiger partial charge in [-0.15, -0.1) is 18.3 Å². The van der Waals surface area contributed by atoms with Gasteiger partial charge in [0.05, 0.1) is 24.5 Å². The molecule has 1 N–H and O–H groups in total. The quantitative estimate of drug-likeness (QED) is 0.666. The standard InChI is InChI=1S/C19H18F4N4O2/c1-12(28)18(20)7-8-26(11-18)17-6-5-16-24-10-15(27(16)25-17)13-3-2-4-14(9-13)29-19(21,22)23/h2-6,9-10,12,28H,7-8,11H2,1H3. The summed E-state index contributed by atoms with van der Waals surface area (Å²) in [5, 5.41) is 14.2. The zero-order valence-corrected chi connectivity index (χ0v) is 15.4. The SMILES string of the molecule is CC(O)C1(F)CCN(c2ccc3ncc(-c4cccc(OC(F)(F)F)c4)n3n2)C1. The second-order valence-corrected chi connectivity index (χ2v) is 7.06. The van der Waals surface area contributed by atoms with E-state index >= 15 is 0 Å². The molecule has 3 aromatic rings. The van der Waals surface area contributed by atoms with Gasteiger partial charge in [-0.05, 0) is 31.2 Å². The van der Waals surface area contributed by atoms with Gasteiger partial charge in [-0.2, -0.15) is 0 Å². The van der Waals surface area contributed by atoms with Gasteiger partial charge in [0.2, 0.25) is 0 Å². The molecule has 2 aromatic heterocycles. The molecule has 10 heteroatoms. The van der Waals surface area contributed by atoms with Crippen LogP contribution in [0, 0.1) is 0 Å². The summed E-state index contributed by atoms with van der Waals surface area (Å²) in [6.07, 6.45) is -4.21. The van der Waals surface area contributed by atoms with Crippen LogP contribution in [0.5, 0.6) is 5.75 Å². The molecule has 0 radical (unpaired) electrons. The third-order valence-corrected chi connectivity index (χ3v) is 5.04. The van der Waals surface area contributed by atoms with E-state index < -0.39 is 18.1 Å². The Kier molecular flexibility index (Phi) is 4.60. The first-order valence-corrected chi connectivity index (χ1v) is 8.97. The van der Waals surface area contributed by atoms with E-state index in [-0.39, 0.29) is 18.7 Å². The highest BCUT2D eigenvalue weighted by Gasteiger charge is 2.43. The van der Waals surface area contributed by atoms with Crippen LogP contribution in [0.25, 0.3) is 16.9 Å². The number of nitrogens with zero attached hydrogens (tertiary/aromatic N) is 4. The summed E-state index contributed by atoms with van der Waals surface area (Å²) in [5.41, 5.74) is -0.311.